The molecule has 1 atom stereocenters. The van der Waals surface area contributed by atoms with Gasteiger partial charge in [-0.15, -0.1) is 0 Å². The monoisotopic (exact) mass is 281 g/mol. The lowest BCUT2D eigenvalue weighted by Crippen LogP contribution is -2.40. The number of amides is 2. The van der Waals surface area contributed by atoms with E-state index in [0.29, 0.717) is 17.1 Å². The van der Waals surface area contributed by atoms with Gasteiger partial charge in [0.05, 0.1) is 12.1 Å². The van der Waals surface area contributed by atoms with Crippen molar-refractivity contribution in [2.75, 3.05) is 19.5 Å². The summed E-state index contributed by atoms with van der Waals surface area (Å²) in [5.41, 5.74) is 6.18. The van der Waals surface area contributed by atoms with Crippen molar-refractivity contribution >= 4 is 28.9 Å². The normalized spacial score (nSPS) is 11.5. The van der Waals surface area contributed by atoms with E-state index >= 15 is 0 Å². The zero-order chi connectivity index (χ0) is 14.4. The van der Waals surface area contributed by atoms with Crippen LogP contribution < -0.4 is 15.8 Å². The summed E-state index contributed by atoms with van der Waals surface area (Å²) in [4.78, 5) is 14.0. The lowest BCUT2D eigenvalue weighted by atomic mass is 10.2. The summed E-state index contributed by atoms with van der Waals surface area (Å²) >= 11 is 4.84. The van der Waals surface area contributed by atoms with Crippen LogP contribution in [0.4, 0.5) is 10.5 Å². The summed E-state index contributed by atoms with van der Waals surface area (Å²) in [7, 11) is 3.31. The van der Waals surface area contributed by atoms with Gasteiger partial charge < -0.3 is 20.7 Å². The summed E-state index contributed by atoms with van der Waals surface area (Å²) in [6.45, 7) is 1.90. The first kappa shape index (κ1) is 15.2. The molecular weight excluding hydrogens is 262 g/mol. The fourth-order valence-corrected chi connectivity index (χ4v) is 1.76. The van der Waals surface area contributed by atoms with Gasteiger partial charge in [0.2, 0.25) is 0 Å². The number of ether oxygens (including phenoxy) is 1. The molecule has 0 aromatic heterocycles. The van der Waals surface area contributed by atoms with E-state index in [0.717, 1.165) is 5.75 Å². The Morgan fingerprint density at radius 1 is 1.47 bits per heavy atom. The van der Waals surface area contributed by atoms with E-state index < -0.39 is 0 Å². The molecule has 0 aliphatic carbocycles. The highest BCUT2D eigenvalue weighted by atomic mass is 32.1. The van der Waals surface area contributed by atoms with Gasteiger partial charge in [-0.1, -0.05) is 12.2 Å². The molecule has 0 spiro atoms. The number of carbonyl (C=O) groups is 1. The smallest absolute Gasteiger partial charge is 0.321 e. The number of thiocarbonyl (C=S) groups is 1. The fraction of sp³-hybridized carbons (Fsp3) is 0.385. The Morgan fingerprint density at radius 2 is 2.05 bits per heavy atom. The lowest BCUT2D eigenvalue weighted by Gasteiger charge is -2.24. The summed E-state index contributed by atoms with van der Waals surface area (Å²) in [5, 5.41) is 2.79. The molecule has 3 N–H and O–H groups in total. The number of nitrogens with zero attached hydrogens (tertiary/aromatic N) is 1. The predicted octanol–water partition coefficient (Wildman–Crippen LogP) is 2.22. The summed E-state index contributed by atoms with van der Waals surface area (Å²) < 4.78 is 5.05. The average molecular weight is 281 g/mol. The maximum Gasteiger partial charge on any atom is 0.321 e. The topological polar surface area (TPSA) is 67.6 Å². The largest absolute Gasteiger partial charge is 0.497 e. The van der Waals surface area contributed by atoms with Crippen LogP contribution >= 0.6 is 12.2 Å². The summed E-state index contributed by atoms with van der Waals surface area (Å²) in [6.07, 6.45) is 0.502. The van der Waals surface area contributed by atoms with Crippen LogP contribution in [0.15, 0.2) is 24.3 Å². The molecular formula is C13H19N3O2S. The molecule has 0 saturated heterocycles. The number of benzene rings is 1. The highest BCUT2D eigenvalue weighted by Crippen LogP contribution is 2.15. The average Bonchev–Trinajstić information content (AvgIpc) is 2.37. The molecule has 104 valence electrons. The van der Waals surface area contributed by atoms with Gasteiger partial charge in [0.15, 0.2) is 0 Å². The molecule has 0 radical (unpaired) electrons. The van der Waals surface area contributed by atoms with Crippen LogP contribution in [0.3, 0.4) is 0 Å². The van der Waals surface area contributed by atoms with Gasteiger partial charge in [-0.05, 0) is 31.2 Å². The maximum absolute atomic E-state index is 12.0. The molecule has 1 aromatic carbocycles. The molecule has 1 rings (SSSR count). The van der Waals surface area contributed by atoms with Crippen molar-refractivity contribution in [3.8, 4) is 5.75 Å². The van der Waals surface area contributed by atoms with Crippen LogP contribution in [0.25, 0.3) is 0 Å². The number of hydrogen-bond acceptors (Lipinski definition) is 3. The second-order valence-electron chi connectivity index (χ2n) is 4.29. The molecule has 0 fully saturated rings. The van der Waals surface area contributed by atoms with Crippen LogP contribution in [0, 0.1) is 0 Å². The van der Waals surface area contributed by atoms with E-state index in [9.17, 15) is 4.79 Å². The Morgan fingerprint density at radius 3 is 2.53 bits per heavy atom. The molecule has 0 aliphatic heterocycles. The van der Waals surface area contributed by atoms with Crippen LogP contribution in [0.5, 0.6) is 5.75 Å². The van der Waals surface area contributed by atoms with Gasteiger partial charge in [-0.2, -0.15) is 0 Å². The molecule has 2 amide bonds. The van der Waals surface area contributed by atoms with Gasteiger partial charge in [-0.3, -0.25) is 0 Å². The molecule has 0 bridgehead atoms. The molecule has 1 aromatic rings. The summed E-state index contributed by atoms with van der Waals surface area (Å²) in [5.74, 6) is 0.744. The Kier molecular flexibility index (Phi) is 5.57. The minimum atomic E-state index is -0.200. The number of hydrogen-bond donors (Lipinski definition) is 2. The van der Waals surface area contributed by atoms with Gasteiger partial charge in [0.1, 0.15) is 5.75 Å². The maximum atomic E-state index is 12.0. The summed E-state index contributed by atoms with van der Waals surface area (Å²) in [6, 6.07) is 6.89. The number of nitrogens with two attached hydrogens (primary N) is 1. The number of nitrogens with one attached hydrogen (secondary N) is 1. The number of urea groups is 1. The van der Waals surface area contributed by atoms with Gasteiger partial charge in [0, 0.05) is 25.2 Å². The Balaban J connectivity index is 2.60. The first-order chi connectivity index (χ1) is 8.93. The molecule has 0 heterocycles. The van der Waals surface area contributed by atoms with E-state index in [4.69, 9.17) is 22.7 Å². The van der Waals surface area contributed by atoms with Crippen molar-refractivity contribution in [2.45, 2.75) is 19.4 Å². The quantitative estimate of drug-likeness (QED) is 0.812. The predicted molar refractivity (Wildman–Crippen MR) is 80.6 cm³/mol. The van der Waals surface area contributed by atoms with Gasteiger partial charge >= 0.3 is 6.03 Å². The third-order valence-electron chi connectivity index (χ3n) is 2.82. The van der Waals surface area contributed by atoms with Crippen molar-refractivity contribution in [1.82, 2.24) is 4.90 Å². The van der Waals surface area contributed by atoms with E-state index in [1.54, 1.807) is 43.3 Å². The van der Waals surface area contributed by atoms with Crippen molar-refractivity contribution in [3.63, 3.8) is 0 Å². The molecule has 19 heavy (non-hydrogen) atoms. The van der Waals surface area contributed by atoms with E-state index in [1.807, 2.05) is 6.92 Å². The standard InChI is InChI=1S/C13H19N3O2S/c1-9(8-12(14)19)16(2)13(17)15-10-4-6-11(18-3)7-5-10/h4-7,9H,8H2,1-3H3,(H2,14,19)(H,15,17). The minimum Gasteiger partial charge on any atom is -0.497 e. The molecule has 5 nitrogen and oxygen atoms in total. The van der Waals surface area contributed by atoms with E-state index in [1.165, 1.54) is 0 Å². The first-order valence-corrected chi connectivity index (χ1v) is 6.31. The number of rotatable bonds is 5. The Labute approximate surface area is 118 Å². The Bertz CT molecular complexity index is 448. The highest BCUT2D eigenvalue weighted by Gasteiger charge is 2.16. The Hall–Kier alpha value is -1.82. The van der Waals surface area contributed by atoms with E-state index in [2.05, 4.69) is 5.32 Å². The first-order valence-electron chi connectivity index (χ1n) is 5.90. The highest BCUT2D eigenvalue weighted by molar-refractivity contribution is 7.80. The molecule has 6 heteroatoms. The molecule has 1 unspecified atom stereocenters. The SMILES string of the molecule is COc1ccc(NC(=O)N(C)C(C)CC(N)=S)cc1. The third-order valence-corrected chi connectivity index (χ3v) is 2.99. The van der Waals surface area contributed by atoms with Crippen LogP contribution in [0.2, 0.25) is 0 Å². The number of anilines is 1. The lowest BCUT2D eigenvalue weighted by molar-refractivity contribution is 0.209. The number of carbonyl (C=O) groups excluding carboxylic acids is 1. The molecule has 0 aliphatic rings. The fourth-order valence-electron chi connectivity index (χ4n) is 1.51. The van der Waals surface area contributed by atoms with Crippen molar-refractivity contribution in [1.29, 1.82) is 0 Å². The second kappa shape index (κ2) is 6.94. The van der Waals surface area contributed by atoms with E-state index in [-0.39, 0.29) is 12.1 Å². The van der Waals surface area contributed by atoms with Gasteiger partial charge in [0.25, 0.3) is 0 Å². The second-order valence-corrected chi connectivity index (χ2v) is 4.81. The van der Waals surface area contributed by atoms with Crippen LogP contribution in [-0.2, 0) is 0 Å². The third kappa shape index (κ3) is 4.75. The van der Waals surface area contributed by atoms with Crippen LogP contribution in [-0.4, -0.2) is 36.1 Å². The zero-order valence-corrected chi connectivity index (χ0v) is 12.2. The number of methoxy groups -OCH3 is 1. The van der Waals surface area contributed by atoms with Crippen LogP contribution in [0.1, 0.15) is 13.3 Å². The zero-order valence-electron chi connectivity index (χ0n) is 11.3. The van der Waals surface area contributed by atoms with Crippen molar-refractivity contribution in [3.05, 3.63) is 24.3 Å². The molecule has 0 saturated carbocycles. The van der Waals surface area contributed by atoms with Crippen molar-refractivity contribution < 1.29 is 9.53 Å². The minimum absolute atomic E-state index is 0.0456. The van der Waals surface area contributed by atoms with Gasteiger partial charge in [-0.25, -0.2) is 4.79 Å². The van der Waals surface area contributed by atoms with Crippen molar-refractivity contribution in [2.24, 2.45) is 5.73 Å².